The topological polar surface area (TPSA) is 100 Å². The van der Waals surface area contributed by atoms with Crippen molar-refractivity contribution in [2.45, 2.75) is 49.2 Å². The molecule has 4 aliphatic rings. The van der Waals surface area contributed by atoms with E-state index >= 15 is 4.39 Å². The third kappa shape index (κ3) is 3.55. The van der Waals surface area contributed by atoms with Gasteiger partial charge in [-0.1, -0.05) is 11.6 Å². The normalized spacial score (nSPS) is 27.8. The van der Waals surface area contributed by atoms with Crippen molar-refractivity contribution < 1.29 is 22.7 Å². The lowest BCUT2D eigenvalue weighted by Gasteiger charge is -2.70. The molecule has 3 aliphatic heterocycles. The van der Waals surface area contributed by atoms with E-state index < -0.39 is 23.2 Å². The Morgan fingerprint density at radius 3 is 2.79 bits per heavy atom. The SMILES string of the molecule is O=C(Nc1cc(Cl)c(-c2ccc(OC[C@@H]3CC3(F)F)nc2)cc1F)C12CC3c4n[nH]c(=O)cc4C[C@H](C1)N32. The molecule has 5 heterocycles. The van der Waals surface area contributed by atoms with E-state index in [0.717, 1.165) is 11.3 Å². The molecule has 0 spiro atoms. The van der Waals surface area contributed by atoms with Gasteiger partial charge in [0.25, 0.3) is 11.5 Å². The summed E-state index contributed by atoms with van der Waals surface area (Å²) in [6, 6.07) is 7.39. The zero-order valence-electron chi connectivity index (χ0n) is 19.8. The second-order valence-corrected chi connectivity index (χ2v) is 10.9. The lowest BCUT2D eigenvalue weighted by molar-refractivity contribution is -0.207. The number of piperidine rings is 1. The number of fused-ring (bicyclic) bond motifs is 2. The van der Waals surface area contributed by atoms with Crippen LogP contribution >= 0.6 is 11.6 Å². The summed E-state index contributed by atoms with van der Waals surface area (Å²) in [6.07, 6.45) is 3.05. The molecule has 7 rings (SSSR count). The molecule has 0 radical (unpaired) electrons. The van der Waals surface area contributed by atoms with Crippen molar-refractivity contribution in [3.8, 4) is 17.0 Å². The number of carbonyl (C=O) groups excluding carboxylic acids is 1. The van der Waals surface area contributed by atoms with Crippen LogP contribution in [0.3, 0.4) is 0 Å². The molecule has 1 amide bonds. The fourth-order valence-electron chi connectivity index (χ4n) is 6.10. The average molecular weight is 544 g/mol. The molecule has 1 aromatic carbocycles. The Balaban J connectivity index is 1.04. The summed E-state index contributed by atoms with van der Waals surface area (Å²) < 4.78 is 46.4. The molecule has 2 N–H and O–H groups in total. The van der Waals surface area contributed by atoms with Gasteiger partial charge in [-0.25, -0.2) is 23.3 Å². The molecule has 3 fully saturated rings. The summed E-state index contributed by atoms with van der Waals surface area (Å²) in [5.41, 5.74) is 1.59. The molecule has 1 saturated carbocycles. The number of hydrogen-bond donors (Lipinski definition) is 2. The van der Waals surface area contributed by atoms with Crippen LogP contribution in [-0.4, -0.2) is 50.1 Å². The number of pyridine rings is 1. The fourth-order valence-corrected chi connectivity index (χ4v) is 6.37. The van der Waals surface area contributed by atoms with Gasteiger partial charge in [0.15, 0.2) is 0 Å². The third-order valence-corrected chi connectivity index (χ3v) is 8.50. The molecule has 1 aliphatic carbocycles. The van der Waals surface area contributed by atoms with Crippen molar-refractivity contribution >= 4 is 23.2 Å². The largest absolute Gasteiger partial charge is 0.477 e. The highest BCUT2D eigenvalue weighted by Gasteiger charge is 2.69. The molecular formula is C26H21ClF3N5O3. The number of anilines is 1. The van der Waals surface area contributed by atoms with E-state index in [1.54, 1.807) is 12.1 Å². The van der Waals surface area contributed by atoms with E-state index in [2.05, 4.69) is 25.4 Å². The van der Waals surface area contributed by atoms with Crippen LogP contribution in [-0.2, 0) is 11.2 Å². The maximum Gasteiger partial charge on any atom is 0.264 e. The highest BCUT2D eigenvalue weighted by molar-refractivity contribution is 6.33. The van der Waals surface area contributed by atoms with Gasteiger partial charge in [0.05, 0.1) is 35.0 Å². The minimum atomic E-state index is -2.67. The number of halogens is 4. The third-order valence-electron chi connectivity index (χ3n) is 8.18. The van der Waals surface area contributed by atoms with Gasteiger partial charge in [0.2, 0.25) is 11.8 Å². The smallest absolute Gasteiger partial charge is 0.264 e. The first-order chi connectivity index (χ1) is 18.1. The van der Waals surface area contributed by atoms with Crippen LogP contribution in [0.4, 0.5) is 18.9 Å². The van der Waals surface area contributed by atoms with E-state index in [9.17, 15) is 18.4 Å². The van der Waals surface area contributed by atoms with Crippen molar-refractivity contribution in [3.63, 3.8) is 0 Å². The predicted octanol–water partition coefficient (Wildman–Crippen LogP) is 4.11. The maximum atomic E-state index is 15.1. The molecular weight excluding hydrogens is 523 g/mol. The Morgan fingerprint density at radius 2 is 2.05 bits per heavy atom. The van der Waals surface area contributed by atoms with Crippen LogP contribution < -0.4 is 15.6 Å². The number of carbonyl (C=O) groups is 1. The number of ether oxygens (including phenoxy) is 1. The Morgan fingerprint density at radius 1 is 1.24 bits per heavy atom. The second kappa shape index (κ2) is 8.03. The van der Waals surface area contributed by atoms with Gasteiger partial charge >= 0.3 is 0 Å². The van der Waals surface area contributed by atoms with Gasteiger partial charge in [-0.05, 0) is 43.0 Å². The van der Waals surface area contributed by atoms with Crippen molar-refractivity contribution in [2.75, 3.05) is 11.9 Å². The summed E-state index contributed by atoms with van der Waals surface area (Å²) in [5, 5.41) is 9.59. The molecule has 4 atom stereocenters. The van der Waals surface area contributed by atoms with E-state index in [-0.39, 0.29) is 53.2 Å². The molecule has 2 aromatic heterocycles. The standard InChI is InChI=1S/C26H21ClF3N5O3/c27-17-6-19(18(28)5-16(17)12-1-2-22(31-10-12)38-11-14-7-26(14,29)30)32-24(37)25-8-15-3-13-4-21(36)33-34-23(13)20(9-25)35(15)25/h1-2,4-6,10,14-15,20H,3,7-9,11H2,(H,32,37)(H,33,36)/t14-,15+,20?,25?/m0/s1. The molecule has 2 saturated heterocycles. The predicted molar refractivity (Wildman–Crippen MR) is 131 cm³/mol. The number of alkyl halides is 2. The number of rotatable bonds is 6. The number of amides is 1. The number of H-pyrrole nitrogens is 1. The first-order valence-corrected chi connectivity index (χ1v) is 12.7. The van der Waals surface area contributed by atoms with Gasteiger partial charge in [-0.2, -0.15) is 5.10 Å². The summed E-state index contributed by atoms with van der Waals surface area (Å²) in [7, 11) is 0. The highest BCUT2D eigenvalue weighted by Crippen LogP contribution is 2.61. The van der Waals surface area contributed by atoms with Gasteiger partial charge in [-0.3, -0.25) is 14.5 Å². The number of benzene rings is 1. The van der Waals surface area contributed by atoms with Crippen molar-refractivity contribution in [1.82, 2.24) is 20.1 Å². The fraction of sp³-hybridized carbons (Fsp3) is 0.385. The molecule has 0 bridgehead atoms. The molecule has 38 heavy (non-hydrogen) atoms. The number of aromatic amines is 1. The summed E-state index contributed by atoms with van der Waals surface area (Å²) in [5.74, 6) is -4.22. The Kier molecular flexibility index (Phi) is 5.00. The van der Waals surface area contributed by atoms with Gasteiger partial charge in [0.1, 0.15) is 11.4 Å². The summed E-state index contributed by atoms with van der Waals surface area (Å²) >= 11 is 6.45. The van der Waals surface area contributed by atoms with E-state index in [4.69, 9.17) is 16.3 Å². The van der Waals surface area contributed by atoms with E-state index in [1.807, 2.05) is 0 Å². The number of nitrogens with one attached hydrogen (secondary N) is 2. The van der Waals surface area contributed by atoms with Gasteiger partial charge in [0, 0.05) is 41.9 Å². The first kappa shape index (κ1) is 23.7. The van der Waals surface area contributed by atoms with Crippen LogP contribution in [0, 0.1) is 11.7 Å². The Labute approximate surface area is 219 Å². The van der Waals surface area contributed by atoms with Crippen molar-refractivity contribution in [1.29, 1.82) is 0 Å². The second-order valence-electron chi connectivity index (χ2n) is 10.5. The Bertz CT molecular complexity index is 1550. The van der Waals surface area contributed by atoms with Crippen LogP contribution in [0.1, 0.15) is 36.6 Å². The van der Waals surface area contributed by atoms with Crippen LogP contribution in [0.25, 0.3) is 11.1 Å². The van der Waals surface area contributed by atoms with Crippen molar-refractivity contribution in [2.24, 2.45) is 5.92 Å². The minimum absolute atomic E-state index is 0.0248. The minimum Gasteiger partial charge on any atom is -0.477 e. The average Bonchev–Trinajstić information content (AvgIpc) is 3.47. The lowest BCUT2D eigenvalue weighted by atomic mass is 9.59. The molecule has 3 aromatic rings. The number of hydrogen-bond acceptors (Lipinski definition) is 6. The first-order valence-electron chi connectivity index (χ1n) is 12.3. The maximum absolute atomic E-state index is 15.1. The lowest BCUT2D eigenvalue weighted by Crippen LogP contribution is -2.81. The van der Waals surface area contributed by atoms with E-state index in [1.165, 1.54) is 24.4 Å². The van der Waals surface area contributed by atoms with Gasteiger partial charge in [-0.15, -0.1) is 0 Å². The molecule has 2 unspecified atom stereocenters. The molecule has 196 valence electrons. The zero-order chi connectivity index (χ0) is 26.4. The highest BCUT2D eigenvalue weighted by atomic mass is 35.5. The monoisotopic (exact) mass is 543 g/mol. The van der Waals surface area contributed by atoms with Crippen LogP contribution in [0.2, 0.25) is 5.02 Å². The Hall–Kier alpha value is -3.44. The van der Waals surface area contributed by atoms with E-state index in [0.29, 0.717) is 30.4 Å². The van der Waals surface area contributed by atoms with Crippen molar-refractivity contribution in [3.05, 3.63) is 69.0 Å². The number of aromatic nitrogens is 3. The molecule has 8 nitrogen and oxygen atoms in total. The zero-order valence-corrected chi connectivity index (χ0v) is 20.6. The number of nitrogens with zero attached hydrogens (tertiary/aromatic N) is 3. The quantitative estimate of drug-likeness (QED) is 0.485. The summed E-state index contributed by atoms with van der Waals surface area (Å²) in [4.78, 5) is 31.1. The van der Waals surface area contributed by atoms with Gasteiger partial charge < -0.3 is 10.1 Å². The van der Waals surface area contributed by atoms with Crippen LogP contribution in [0.15, 0.2) is 41.3 Å². The molecule has 12 heteroatoms. The van der Waals surface area contributed by atoms with Crippen LogP contribution in [0.5, 0.6) is 5.88 Å². The summed E-state index contributed by atoms with van der Waals surface area (Å²) in [6.45, 7) is -0.119.